The first-order chi connectivity index (χ1) is 13.2. The van der Waals surface area contributed by atoms with Gasteiger partial charge < -0.3 is 4.57 Å². The van der Waals surface area contributed by atoms with Crippen molar-refractivity contribution in [3.8, 4) is 11.3 Å². The first-order valence-corrected chi connectivity index (χ1v) is 10.7. The van der Waals surface area contributed by atoms with Crippen LogP contribution < -0.4 is 4.72 Å². The summed E-state index contributed by atoms with van der Waals surface area (Å²) in [5, 5.41) is 0.948. The molecule has 146 valence electrons. The van der Waals surface area contributed by atoms with Crippen LogP contribution in [0.3, 0.4) is 0 Å². The molecule has 0 saturated carbocycles. The first kappa shape index (κ1) is 18.9. The molecule has 1 N–H and O–H groups in total. The Kier molecular flexibility index (Phi) is 4.62. The molecule has 0 aliphatic carbocycles. The molecular formula is C18H14F3N3O2S2. The lowest BCUT2D eigenvalue weighted by atomic mass is 10.1. The van der Waals surface area contributed by atoms with E-state index in [1.807, 2.05) is 6.20 Å². The van der Waals surface area contributed by atoms with E-state index in [-0.39, 0.29) is 5.69 Å². The van der Waals surface area contributed by atoms with E-state index in [0.29, 0.717) is 6.07 Å². The average molecular weight is 425 g/mol. The highest BCUT2D eigenvalue weighted by Crippen LogP contribution is 2.32. The monoisotopic (exact) mass is 425 g/mol. The molecule has 0 unspecified atom stereocenters. The summed E-state index contributed by atoms with van der Waals surface area (Å²) in [6.07, 6.45) is -2.67. The second kappa shape index (κ2) is 6.85. The number of nitrogens with zero attached hydrogens (tertiary/aromatic N) is 2. The standard InChI is InChI=1S/C18H14F3N3O2S2/c19-18(20,21)13-2-1-3-15(10-13)28(25,26)23-14-6-4-12(5-7-14)16-11-24-8-9-27-17(24)22-16/h1-7,10-11,23H,8-9H2. The van der Waals surface area contributed by atoms with Crippen LogP contribution in [0.1, 0.15) is 5.56 Å². The predicted octanol–water partition coefficient (Wildman–Crippen LogP) is 4.48. The molecule has 0 amide bonds. The highest BCUT2D eigenvalue weighted by Gasteiger charge is 2.31. The van der Waals surface area contributed by atoms with Gasteiger partial charge in [0.15, 0.2) is 5.16 Å². The molecule has 1 aromatic heterocycles. The fourth-order valence-corrected chi connectivity index (χ4v) is 4.86. The van der Waals surface area contributed by atoms with Crippen LogP contribution in [0.15, 0.2) is 64.8 Å². The van der Waals surface area contributed by atoms with Crippen LogP contribution in [0, 0.1) is 0 Å². The van der Waals surface area contributed by atoms with Gasteiger partial charge in [0.2, 0.25) is 0 Å². The summed E-state index contributed by atoms with van der Waals surface area (Å²) >= 11 is 1.67. The molecular weight excluding hydrogens is 411 g/mol. The van der Waals surface area contributed by atoms with E-state index in [1.165, 1.54) is 0 Å². The van der Waals surface area contributed by atoms with E-state index in [9.17, 15) is 21.6 Å². The van der Waals surface area contributed by atoms with Crippen molar-refractivity contribution in [3.05, 3.63) is 60.3 Å². The fourth-order valence-electron chi connectivity index (χ4n) is 2.81. The largest absolute Gasteiger partial charge is 0.416 e. The minimum atomic E-state index is -4.61. The number of fused-ring (bicyclic) bond motifs is 1. The normalized spacial score (nSPS) is 14.1. The van der Waals surface area contributed by atoms with E-state index >= 15 is 0 Å². The third kappa shape index (κ3) is 3.74. The van der Waals surface area contributed by atoms with Crippen LogP contribution in [0.25, 0.3) is 11.3 Å². The number of alkyl halides is 3. The van der Waals surface area contributed by atoms with Crippen molar-refractivity contribution in [2.24, 2.45) is 0 Å². The Morgan fingerprint density at radius 1 is 1.11 bits per heavy atom. The van der Waals surface area contributed by atoms with Crippen LogP contribution in [0.2, 0.25) is 0 Å². The van der Waals surface area contributed by atoms with Gasteiger partial charge in [-0.1, -0.05) is 30.0 Å². The van der Waals surface area contributed by atoms with Crippen LogP contribution in [0.5, 0.6) is 0 Å². The number of rotatable bonds is 4. The SMILES string of the molecule is O=S(=O)(Nc1ccc(-c2cn3c(n2)SCC3)cc1)c1cccc(C(F)(F)F)c1. The lowest BCUT2D eigenvalue weighted by Crippen LogP contribution is -2.14. The van der Waals surface area contributed by atoms with Crippen molar-refractivity contribution in [1.82, 2.24) is 9.55 Å². The molecule has 1 aliphatic rings. The zero-order valence-corrected chi connectivity index (χ0v) is 15.9. The van der Waals surface area contributed by atoms with Gasteiger partial charge in [-0.25, -0.2) is 13.4 Å². The van der Waals surface area contributed by atoms with Crippen molar-refractivity contribution in [2.75, 3.05) is 10.5 Å². The van der Waals surface area contributed by atoms with E-state index in [1.54, 1.807) is 36.0 Å². The Morgan fingerprint density at radius 3 is 2.54 bits per heavy atom. The summed E-state index contributed by atoms with van der Waals surface area (Å²) in [6.45, 7) is 0.905. The molecule has 2 aromatic carbocycles. The topological polar surface area (TPSA) is 64.0 Å². The third-order valence-corrected chi connectivity index (χ3v) is 6.56. The Labute approximate surface area is 163 Å². The summed E-state index contributed by atoms with van der Waals surface area (Å²) in [5.41, 5.74) is 0.845. The number of imidazole rings is 1. The number of anilines is 1. The van der Waals surface area contributed by atoms with Gasteiger partial charge in [-0.15, -0.1) is 0 Å². The molecule has 0 bridgehead atoms. The number of aryl methyl sites for hydroxylation is 1. The van der Waals surface area contributed by atoms with Crippen LogP contribution in [0.4, 0.5) is 18.9 Å². The summed E-state index contributed by atoms with van der Waals surface area (Å²) in [5.74, 6) is 0.999. The maximum Gasteiger partial charge on any atom is 0.416 e. The van der Waals surface area contributed by atoms with Crippen LogP contribution in [-0.2, 0) is 22.7 Å². The van der Waals surface area contributed by atoms with Gasteiger partial charge in [0.1, 0.15) is 0 Å². The molecule has 0 radical (unpaired) electrons. The van der Waals surface area contributed by atoms with Crippen LogP contribution in [-0.4, -0.2) is 23.7 Å². The van der Waals surface area contributed by atoms with Gasteiger partial charge in [0, 0.05) is 29.7 Å². The predicted molar refractivity (Wildman–Crippen MR) is 101 cm³/mol. The van der Waals surface area contributed by atoms with E-state index < -0.39 is 26.7 Å². The number of hydrogen-bond acceptors (Lipinski definition) is 4. The van der Waals surface area contributed by atoms with E-state index in [4.69, 9.17) is 0 Å². The average Bonchev–Trinajstić information content (AvgIpc) is 3.23. The van der Waals surface area contributed by atoms with Gasteiger partial charge in [-0.2, -0.15) is 13.2 Å². The molecule has 0 fully saturated rings. The summed E-state index contributed by atoms with van der Waals surface area (Å²) < 4.78 is 67.7. The van der Waals surface area contributed by atoms with Crippen molar-refractivity contribution in [1.29, 1.82) is 0 Å². The van der Waals surface area contributed by atoms with Gasteiger partial charge in [-0.05, 0) is 30.3 Å². The number of aromatic nitrogens is 2. The molecule has 0 saturated heterocycles. The Morgan fingerprint density at radius 2 is 1.86 bits per heavy atom. The van der Waals surface area contributed by atoms with Crippen molar-refractivity contribution >= 4 is 27.5 Å². The molecule has 4 rings (SSSR count). The summed E-state index contributed by atoms with van der Waals surface area (Å²) in [7, 11) is -4.14. The summed E-state index contributed by atoms with van der Waals surface area (Å²) in [6, 6.07) is 10.2. The molecule has 2 heterocycles. The van der Waals surface area contributed by atoms with Gasteiger partial charge in [-0.3, -0.25) is 4.72 Å². The molecule has 0 spiro atoms. The fraction of sp³-hybridized carbons (Fsp3) is 0.167. The number of sulfonamides is 1. The van der Waals surface area contributed by atoms with Crippen molar-refractivity contribution < 1.29 is 21.6 Å². The third-order valence-electron chi connectivity index (χ3n) is 4.21. The lowest BCUT2D eigenvalue weighted by molar-refractivity contribution is -0.137. The van der Waals surface area contributed by atoms with Crippen molar-refractivity contribution in [3.63, 3.8) is 0 Å². The zero-order chi connectivity index (χ0) is 19.9. The van der Waals surface area contributed by atoms with Crippen molar-refractivity contribution in [2.45, 2.75) is 22.8 Å². The Balaban J connectivity index is 1.55. The highest BCUT2D eigenvalue weighted by atomic mass is 32.2. The highest BCUT2D eigenvalue weighted by molar-refractivity contribution is 7.99. The second-order valence-electron chi connectivity index (χ2n) is 6.16. The lowest BCUT2D eigenvalue weighted by Gasteiger charge is -2.11. The van der Waals surface area contributed by atoms with Gasteiger partial charge in [0.05, 0.1) is 16.2 Å². The van der Waals surface area contributed by atoms with E-state index in [2.05, 4.69) is 14.3 Å². The molecule has 28 heavy (non-hydrogen) atoms. The number of halogens is 3. The van der Waals surface area contributed by atoms with Gasteiger partial charge in [0.25, 0.3) is 10.0 Å². The Bertz CT molecular complexity index is 1100. The maximum atomic E-state index is 12.8. The number of hydrogen-bond donors (Lipinski definition) is 1. The molecule has 5 nitrogen and oxygen atoms in total. The minimum Gasteiger partial charge on any atom is -0.325 e. The number of nitrogens with one attached hydrogen (secondary N) is 1. The molecule has 1 aliphatic heterocycles. The number of benzene rings is 2. The van der Waals surface area contributed by atoms with Crippen LogP contribution >= 0.6 is 11.8 Å². The molecule has 0 atom stereocenters. The Hall–Kier alpha value is -2.46. The number of thioether (sulfide) groups is 1. The molecule has 10 heteroatoms. The van der Waals surface area contributed by atoms with E-state index in [0.717, 1.165) is 46.9 Å². The molecule has 3 aromatic rings. The first-order valence-electron chi connectivity index (χ1n) is 8.23. The quantitative estimate of drug-likeness (QED) is 0.670. The smallest absolute Gasteiger partial charge is 0.325 e. The second-order valence-corrected chi connectivity index (χ2v) is 8.90. The zero-order valence-electron chi connectivity index (χ0n) is 14.3. The summed E-state index contributed by atoms with van der Waals surface area (Å²) in [4.78, 5) is 4.08. The minimum absolute atomic E-state index is 0.252. The maximum absolute atomic E-state index is 12.8. The van der Waals surface area contributed by atoms with Gasteiger partial charge >= 0.3 is 6.18 Å².